The molecule has 0 radical (unpaired) electrons. The number of methoxy groups -OCH3 is 1. The summed E-state index contributed by atoms with van der Waals surface area (Å²) < 4.78 is 10.6. The highest BCUT2D eigenvalue weighted by Crippen LogP contribution is 2.25. The standard InChI is InChI=1S/C20H28N4O3/c1-13(15-7-9-21-10-8-15)11-18(25)22-14(2)20-23-19(24-27-20)16-5-4-6-17(12-16)26-3/h4-6,12-15,21H,7-11H2,1-3H3,(H,22,25). The number of benzene rings is 1. The zero-order valence-electron chi connectivity index (χ0n) is 16.2. The molecule has 1 fully saturated rings. The molecule has 0 spiro atoms. The second-order valence-corrected chi connectivity index (χ2v) is 7.25. The number of carbonyl (C=O) groups is 1. The first kappa shape index (κ1) is 19.4. The van der Waals surface area contributed by atoms with Gasteiger partial charge in [-0.1, -0.05) is 24.2 Å². The van der Waals surface area contributed by atoms with E-state index in [-0.39, 0.29) is 11.9 Å². The van der Waals surface area contributed by atoms with Crippen molar-refractivity contribution in [1.82, 2.24) is 20.8 Å². The predicted molar refractivity (Wildman–Crippen MR) is 102 cm³/mol. The number of piperidine rings is 1. The summed E-state index contributed by atoms with van der Waals surface area (Å²) >= 11 is 0. The molecule has 2 unspecified atom stereocenters. The number of nitrogens with zero attached hydrogens (tertiary/aromatic N) is 2. The highest BCUT2D eigenvalue weighted by Gasteiger charge is 2.24. The van der Waals surface area contributed by atoms with Crippen LogP contribution in [0, 0.1) is 11.8 Å². The van der Waals surface area contributed by atoms with Gasteiger partial charge in [-0.3, -0.25) is 4.79 Å². The first-order chi connectivity index (χ1) is 13.1. The molecule has 7 nitrogen and oxygen atoms in total. The van der Waals surface area contributed by atoms with Gasteiger partial charge in [-0.05, 0) is 56.8 Å². The van der Waals surface area contributed by atoms with E-state index in [4.69, 9.17) is 9.26 Å². The van der Waals surface area contributed by atoms with Crippen molar-refractivity contribution in [3.8, 4) is 17.1 Å². The van der Waals surface area contributed by atoms with Crippen LogP contribution in [0.5, 0.6) is 5.75 Å². The van der Waals surface area contributed by atoms with E-state index < -0.39 is 0 Å². The lowest BCUT2D eigenvalue weighted by atomic mass is 9.84. The highest BCUT2D eigenvalue weighted by molar-refractivity contribution is 5.76. The molecule has 2 aromatic rings. The van der Waals surface area contributed by atoms with Crippen LogP contribution in [0.15, 0.2) is 28.8 Å². The lowest BCUT2D eigenvalue weighted by Crippen LogP contribution is -2.34. The summed E-state index contributed by atoms with van der Waals surface area (Å²) in [6.07, 6.45) is 2.79. The van der Waals surface area contributed by atoms with Gasteiger partial charge >= 0.3 is 0 Å². The molecule has 1 aromatic heterocycles. The van der Waals surface area contributed by atoms with Crippen molar-refractivity contribution >= 4 is 5.91 Å². The van der Waals surface area contributed by atoms with Crippen LogP contribution in [-0.2, 0) is 4.79 Å². The fourth-order valence-electron chi connectivity index (χ4n) is 3.53. The average Bonchev–Trinajstić information content (AvgIpc) is 3.19. The van der Waals surface area contributed by atoms with E-state index in [2.05, 4.69) is 27.7 Å². The number of ether oxygens (including phenoxy) is 1. The summed E-state index contributed by atoms with van der Waals surface area (Å²) in [5.74, 6) is 2.61. The highest BCUT2D eigenvalue weighted by atomic mass is 16.5. The topological polar surface area (TPSA) is 89.3 Å². The van der Waals surface area contributed by atoms with E-state index in [1.54, 1.807) is 7.11 Å². The zero-order valence-corrected chi connectivity index (χ0v) is 16.2. The Hall–Kier alpha value is -2.41. The fourth-order valence-corrected chi connectivity index (χ4v) is 3.53. The van der Waals surface area contributed by atoms with Gasteiger partial charge < -0.3 is 19.9 Å². The third-order valence-corrected chi connectivity index (χ3v) is 5.21. The van der Waals surface area contributed by atoms with E-state index in [1.165, 1.54) is 0 Å². The maximum absolute atomic E-state index is 12.4. The van der Waals surface area contributed by atoms with Crippen molar-refractivity contribution in [3.63, 3.8) is 0 Å². The molecular weight excluding hydrogens is 344 g/mol. The Balaban J connectivity index is 1.57. The van der Waals surface area contributed by atoms with E-state index in [0.29, 0.717) is 30.0 Å². The van der Waals surface area contributed by atoms with Crippen LogP contribution < -0.4 is 15.4 Å². The van der Waals surface area contributed by atoms with Crippen LogP contribution in [0.4, 0.5) is 0 Å². The van der Waals surface area contributed by atoms with Gasteiger partial charge in [0.05, 0.1) is 7.11 Å². The van der Waals surface area contributed by atoms with E-state index in [1.807, 2.05) is 31.2 Å². The lowest BCUT2D eigenvalue weighted by molar-refractivity contribution is -0.123. The van der Waals surface area contributed by atoms with Crippen LogP contribution in [-0.4, -0.2) is 36.2 Å². The van der Waals surface area contributed by atoms with Crippen molar-refractivity contribution in [1.29, 1.82) is 0 Å². The molecule has 2 N–H and O–H groups in total. The van der Waals surface area contributed by atoms with Crippen LogP contribution in [0.25, 0.3) is 11.4 Å². The van der Waals surface area contributed by atoms with Crippen LogP contribution in [0.1, 0.15) is 45.0 Å². The van der Waals surface area contributed by atoms with Gasteiger partial charge in [0.25, 0.3) is 0 Å². The summed E-state index contributed by atoms with van der Waals surface area (Å²) in [6.45, 7) is 6.11. The Morgan fingerprint density at radius 3 is 2.89 bits per heavy atom. The Bertz CT molecular complexity index is 755. The van der Waals surface area contributed by atoms with Gasteiger partial charge in [-0.25, -0.2) is 0 Å². The van der Waals surface area contributed by atoms with Gasteiger partial charge in [0.1, 0.15) is 11.8 Å². The smallest absolute Gasteiger partial charge is 0.249 e. The SMILES string of the molecule is COc1cccc(-c2noc(C(C)NC(=O)CC(C)C3CCNCC3)n2)c1. The van der Waals surface area contributed by atoms with Crippen molar-refractivity contribution in [3.05, 3.63) is 30.2 Å². The van der Waals surface area contributed by atoms with Gasteiger partial charge in [0.2, 0.25) is 17.6 Å². The summed E-state index contributed by atoms with van der Waals surface area (Å²) in [6, 6.07) is 7.14. The molecule has 0 bridgehead atoms. The zero-order chi connectivity index (χ0) is 19.2. The van der Waals surface area contributed by atoms with Crippen molar-refractivity contribution in [2.75, 3.05) is 20.2 Å². The quantitative estimate of drug-likeness (QED) is 0.777. The second-order valence-electron chi connectivity index (χ2n) is 7.25. The molecule has 0 aliphatic carbocycles. The summed E-state index contributed by atoms with van der Waals surface area (Å²) in [4.78, 5) is 16.8. The maximum atomic E-state index is 12.4. The molecule has 27 heavy (non-hydrogen) atoms. The molecule has 1 aromatic carbocycles. The largest absolute Gasteiger partial charge is 0.497 e. The van der Waals surface area contributed by atoms with Gasteiger partial charge in [-0.2, -0.15) is 4.98 Å². The normalized spacial score (nSPS) is 17.3. The first-order valence-electron chi connectivity index (χ1n) is 9.55. The van der Waals surface area contributed by atoms with Gasteiger partial charge in [0, 0.05) is 12.0 Å². The number of nitrogens with one attached hydrogen (secondary N) is 2. The molecule has 1 amide bonds. The Morgan fingerprint density at radius 2 is 2.15 bits per heavy atom. The molecule has 0 saturated carbocycles. The monoisotopic (exact) mass is 372 g/mol. The van der Waals surface area contributed by atoms with Crippen molar-refractivity contribution < 1.29 is 14.1 Å². The third-order valence-electron chi connectivity index (χ3n) is 5.21. The summed E-state index contributed by atoms with van der Waals surface area (Å²) in [5.41, 5.74) is 0.808. The predicted octanol–water partition coefficient (Wildman–Crippen LogP) is 2.95. The minimum Gasteiger partial charge on any atom is -0.497 e. The maximum Gasteiger partial charge on any atom is 0.249 e. The Labute approximate surface area is 159 Å². The van der Waals surface area contributed by atoms with Crippen molar-refractivity contribution in [2.45, 2.75) is 39.2 Å². The van der Waals surface area contributed by atoms with Gasteiger partial charge in [0.15, 0.2) is 0 Å². The lowest BCUT2D eigenvalue weighted by Gasteiger charge is -2.28. The van der Waals surface area contributed by atoms with Crippen LogP contribution in [0.2, 0.25) is 0 Å². The number of carbonyl (C=O) groups excluding carboxylic acids is 1. The van der Waals surface area contributed by atoms with E-state index in [9.17, 15) is 4.79 Å². The number of aromatic nitrogens is 2. The number of hydrogen-bond acceptors (Lipinski definition) is 6. The summed E-state index contributed by atoms with van der Waals surface area (Å²) in [5, 5.41) is 10.4. The third kappa shape index (κ3) is 5.07. The molecule has 2 heterocycles. The molecule has 1 aliphatic rings. The summed E-state index contributed by atoms with van der Waals surface area (Å²) in [7, 11) is 1.61. The van der Waals surface area contributed by atoms with E-state index >= 15 is 0 Å². The van der Waals surface area contributed by atoms with Crippen LogP contribution >= 0.6 is 0 Å². The molecule has 2 atom stereocenters. The minimum atomic E-state index is -0.329. The molecule has 1 saturated heterocycles. The molecular formula is C20H28N4O3. The molecule has 3 rings (SSSR count). The van der Waals surface area contributed by atoms with E-state index in [0.717, 1.165) is 37.2 Å². The first-order valence-corrected chi connectivity index (χ1v) is 9.55. The Morgan fingerprint density at radius 1 is 1.37 bits per heavy atom. The van der Waals surface area contributed by atoms with Gasteiger partial charge in [-0.15, -0.1) is 0 Å². The minimum absolute atomic E-state index is 0.0228. The van der Waals surface area contributed by atoms with Crippen molar-refractivity contribution in [2.24, 2.45) is 11.8 Å². The second kappa shape index (κ2) is 8.99. The fraction of sp³-hybridized carbons (Fsp3) is 0.550. The van der Waals surface area contributed by atoms with Crippen LogP contribution in [0.3, 0.4) is 0 Å². The molecule has 146 valence electrons. The number of rotatable bonds is 7. The molecule has 1 aliphatic heterocycles. The molecule has 7 heteroatoms. The Kier molecular flexibility index (Phi) is 6.45. The average molecular weight is 372 g/mol. The number of hydrogen-bond donors (Lipinski definition) is 2. The number of amides is 1.